The van der Waals surface area contributed by atoms with Crippen molar-refractivity contribution in [1.29, 1.82) is 0 Å². The number of nitrogens with zero attached hydrogens (tertiary/aromatic N) is 2. The van der Waals surface area contributed by atoms with E-state index in [0.717, 1.165) is 38.0 Å². The number of halogens is 1. The largest absolute Gasteiger partial charge is 0.381 e. The first-order chi connectivity index (χ1) is 9.10. The van der Waals surface area contributed by atoms with Gasteiger partial charge in [0.2, 0.25) is 0 Å². The van der Waals surface area contributed by atoms with E-state index in [1.807, 2.05) is 6.07 Å². The Morgan fingerprint density at radius 1 is 1.47 bits per heavy atom. The lowest BCUT2D eigenvalue weighted by atomic mass is 10.1. The molecule has 1 aliphatic heterocycles. The van der Waals surface area contributed by atoms with Crippen molar-refractivity contribution in [3.63, 3.8) is 0 Å². The molecule has 104 valence electrons. The van der Waals surface area contributed by atoms with Gasteiger partial charge in [-0.1, -0.05) is 6.07 Å². The van der Waals surface area contributed by atoms with Crippen LogP contribution in [0.5, 0.6) is 0 Å². The van der Waals surface area contributed by atoms with Gasteiger partial charge in [-0.25, -0.2) is 0 Å². The van der Waals surface area contributed by atoms with Gasteiger partial charge >= 0.3 is 0 Å². The van der Waals surface area contributed by atoms with Crippen LogP contribution in [-0.4, -0.2) is 36.1 Å². The van der Waals surface area contributed by atoms with Crippen LogP contribution < -0.4 is 0 Å². The molecule has 0 N–H and O–H groups in total. The van der Waals surface area contributed by atoms with Crippen LogP contribution >= 0.6 is 15.9 Å². The molecule has 0 aliphatic carbocycles. The maximum Gasteiger partial charge on any atom is 0.283 e. The summed E-state index contributed by atoms with van der Waals surface area (Å²) < 4.78 is 5.86. The first kappa shape index (κ1) is 14.4. The number of likely N-dealkylation sites (tertiary alicyclic amines) is 1. The zero-order valence-electron chi connectivity index (χ0n) is 10.8. The van der Waals surface area contributed by atoms with Crippen molar-refractivity contribution < 1.29 is 9.66 Å². The number of methoxy groups -OCH3 is 1. The molecule has 2 rings (SSSR count). The summed E-state index contributed by atoms with van der Waals surface area (Å²) >= 11 is 3.20. The van der Waals surface area contributed by atoms with Gasteiger partial charge < -0.3 is 4.74 Å². The molecule has 1 aliphatic rings. The van der Waals surface area contributed by atoms with Crippen LogP contribution in [0.4, 0.5) is 5.69 Å². The van der Waals surface area contributed by atoms with Gasteiger partial charge in [-0.05, 0) is 40.4 Å². The molecule has 1 aromatic carbocycles. The first-order valence-corrected chi connectivity index (χ1v) is 7.07. The fourth-order valence-corrected chi connectivity index (χ4v) is 2.75. The molecule has 0 saturated carbocycles. The van der Waals surface area contributed by atoms with E-state index in [4.69, 9.17) is 4.74 Å². The number of nitro groups is 1. The molecule has 1 aromatic rings. The molecule has 0 unspecified atom stereocenters. The maximum absolute atomic E-state index is 10.9. The SMILES string of the molecule is COC1CCN(Cc2ccc(Br)c([N+](=O)[O-])c2)CC1. The molecule has 5 nitrogen and oxygen atoms in total. The van der Waals surface area contributed by atoms with E-state index in [-0.39, 0.29) is 10.6 Å². The van der Waals surface area contributed by atoms with Gasteiger partial charge in [-0.2, -0.15) is 0 Å². The van der Waals surface area contributed by atoms with Crippen molar-refractivity contribution in [2.45, 2.75) is 25.5 Å². The molecule has 19 heavy (non-hydrogen) atoms. The highest BCUT2D eigenvalue weighted by Gasteiger charge is 2.19. The molecule has 1 heterocycles. The number of ether oxygens (including phenoxy) is 1. The Kier molecular flexibility index (Phi) is 4.90. The van der Waals surface area contributed by atoms with Gasteiger partial charge in [0.05, 0.1) is 15.5 Å². The number of rotatable bonds is 4. The Hall–Kier alpha value is -0.980. The van der Waals surface area contributed by atoms with E-state index in [2.05, 4.69) is 20.8 Å². The Bertz CT molecular complexity index is 459. The van der Waals surface area contributed by atoms with Crippen LogP contribution in [0.3, 0.4) is 0 Å². The molecule has 0 radical (unpaired) electrons. The van der Waals surface area contributed by atoms with Crippen LogP contribution in [0.1, 0.15) is 18.4 Å². The fourth-order valence-electron chi connectivity index (χ4n) is 2.36. The summed E-state index contributed by atoms with van der Waals surface area (Å²) in [4.78, 5) is 12.8. The molecule has 0 aromatic heterocycles. The van der Waals surface area contributed by atoms with E-state index in [9.17, 15) is 10.1 Å². The Morgan fingerprint density at radius 3 is 2.74 bits per heavy atom. The Balaban J connectivity index is 2.00. The first-order valence-electron chi connectivity index (χ1n) is 6.28. The van der Waals surface area contributed by atoms with Gasteiger partial charge in [0.25, 0.3) is 5.69 Å². The molecule has 0 amide bonds. The van der Waals surface area contributed by atoms with E-state index in [1.54, 1.807) is 19.2 Å². The predicted molar refractivity (Wildman–Crippen MR) is 76.1 cm³/mol. The minimum absolute atomic E-state index is 0.129. The van der Waals surface area contributed by atoms with E-state index in [0.29, 0.717) is 10.6 Å². The highest BCUT2D eigenvalue weighted by Crippen LogP contribution is 2.26. The molecule has 0 bridgehead atoms. The van der Waals surface area contributed by atoms with Crippen molar-refractivity contribution in [2.24, 2.45) is 0 Å². The van der Waals surface area contributed by atoms with Gasteiger partial charge in [0.1, 0.15) is 0 Å². The third-order valence-corrected chi connectivity index (χ3v) is 4.15. The smallest absolute Gasteiger partial charge is 0.283 e. The number of piperidine rings is 1. The standard InChI is InChI=1S/C13H17BrN2O3/c1-19-11-4-6-15(7-5-11)9-10-2-3-12(14)13(8-10)16(17)18/h2-3,8,11H,4-7,9H2,1H3. The number of hydrogen-bond acceptors (Lipinski definition) is 4. The summed E-state index contributed by atoms with van der Waals surface area (Å²) in [5.41, 5.74) is 1.11. The summed E-state index contributed by atoms with van der Waals surface area (Å²) in [6, 6.07) is 5.32. The third kappa shape index (κ3) is 3.75. The monoisotopic (exact) mass is 328 g/mol. The number of nitro benzene ring substituents is 1. The van der Waals surface area contributed by atoms with Crippen LogP contribution in [0.15, 0.2) is 22.7 Å². The zero-order chi connectivity index (χ0) is 13.8. The van der Waals surface area contributed by atoms with Gasteiger partial charge in [0, 0.05) is 32.8 Å². The van der Waals surface area contributed by atoms with Crippen molar-refractivity contribution in [1.82, 2.24) is 4.90 Å². The summed E-state index contributed by atoms with van der Waals surface area (Å²) in [5.74, 6) is 0. The molecule has 1 fully saturated rings. The van der Waals surface area contributed by atoms with Crippen LogP contribution in [0.25, 0.3) is 0 Å². The average molecular weight is 329 g/mol. The normalized spacial score (nSPS) is 17.6. The summed E-state index contributed by atoms with van der Waals surface area (Å²) in [6.07, 6.45) is 2.40. The zero-order valence-corrected chi connectivity index (χ0v) is 12.4. The average Bonchev–Trinajstić information content (AvgIpc) is 2.41. The lowest BCUT2D eigenvalue weighted by molar-refractivity contribution is -0.385. The summed E-state index contributed by atoms with van der Waals surface area (Å²) in [7, 11) is 1.75. The van der Waals surface area contributed by atoms with Crippen LogP contribution in [-0.2, 0) is 11.3 Å². The van der Waals surface area contributed by atoms with Crippen LogP contribution in [0.2, 0.25) is 0 Å². The van der Waals surface area contributed by atoms with E-state index < -0.39 is 0 Å². The van der Waals surface area contributed by atoms with E-state index in [1.165, 1.54) is 0 Å². The summed E-state index contributed by atoms with van der Waals surface area (Å²) in [5, 5.41) is 10.9. The van der Waals surface area contributed by atoms with Crippen molar-refractivity contribution in [2.75, 3.05) is 20.2 Å². The lowest BCUT2D eigenvalue weighted by Crippen LogP contribution is -2.36. The number of hydrogen-bond donors (Lipinski definition) is 0. The molecule has 0 spiro atoms. The fraction of sp³-hybridized carbons (Fsp3) is 0.538. The third-order valence-electron chi connectivity index (χ3n) is 3.48. The Morgan fingerprint density at radius 2 is 2.16 bits per heavy atom. The van der Waals surface area contributed by atoms with Crippen molar-refractivity contribution in [3.8, 4) is 0 Å². The minimum atomic E-state index is -0.356. The predicted octanol–water partition coefficient (Wildman–Crippen LogP) is 2.97. The van der Waals surface area contributed by atoms with Gasteiger partial charge in [-0.15, -0.1) is 0 Å². The minimum Gasteiger partial charge on any atom is -0.381 e. The second-order valence-corrected chi connectivity index (χ2v) is 5.61. The number of benzene rings is 1. The highest BCUT2D eigenvalue weighted by molar-refractivity contribution is 9.10. The van der Waals surface area contributed by atoms with Crippen molar-refractivity contribution in [3.05, 3.63) is 38.3 Å². The second-order valence-electron chi connectivity index (χ2n) is 4.75. The van der Waals surface area contributed by atoms with Gasteiger partial charge in [-0.3, -0.25) is 15.0 Å². The molecular formula is C13H17BrN2O3. The van der Waals surface area contributed by atoms with E-state index >= 15 is 0 Å². The lowest BCUT2D eigenvalue weighted by Gasteiger charge is -2.31. The van der Waals surface area contributed by atoms with Crippen molar-refractivity contribution >= 4 is 21.6 Å². The highest BCUT2D eigenvalue weighted by atomic mass is 79.9. The maximum atomic E-state index is 10.9. The molecular weight excluding hydrogens is 312 g/mol. The Labute approximate surface area is 120 Å². The van der Waals surface area contributed by atoms with Crippen LogP contribution in [0, 0.1) is 10.1 Å². The topological polar surface area (TPSA) is 55.6 Å². The summed E-state index contributed by atoms with van der Waals surface area (Å²) in [6.45, 7) is 2.70. The molecule has 6 heteroatoms. The van der Waals surface area contributed by atoms with Gasteiger partial charge in [0.15, 0.2) is 0 Å². The second kappa shape index (κ2) is 6.45. The molecule has 0 atom stereocenters. The quantitative estimate of drug-likeness (QED) is 0.629. The molecule has 1 saturated heterocycles.